The Bertz CT molecular complexity index is 465. The minimum atomic E-state index is 0.387. The zero-order chi connectivity index (χ0) is 15.7. The number of unbranched alkanes of at least 4 members (excludes halogenated alkanes) is 2. The number of nitrogens with zero attached hydrogens (tertiary/aromatic N) is 2. The first-order valence-corrected chi connectivity index (χ1v) is 7.97. The zero-order valence-electron chi connectivity index (χ0n) is 13.2. The van der Waals surface area contributed by atoms with Crippen LogP contribution in [0.3, 0.4) is 0 Å². The van der Waals surface area contributed by atoms with Gasteiger partial charge in [-0.3, -0.25) is 0 Å². The lowest BCUT2D eigenvalue weighted by Crippen LogP contribution is -2.20. The summed E-state index contributed by atoms with van der Waals surface area (Å²) in [7, 11) is 1.73. The van der Waals surface area contributed by atoms with E-state index in [-0.39, 0.29) is 0 Å². The van der Waals surface area contributed by atoms with Crippen LogP contribution in [0.15, 0.2) is 0 Å². The van der Waals surface area contributed by atoms with Crippen LogP contribution in [0.5, 0.6) is 0 Å². The van der Waals surface area contributed by atoms with Crippen molar-refractivity contribution in [3.63, 3.8) is 0 Å². The summed E-state index contributed by atoms with van der Waals surface area (Å²) in [5.74, 6) is 0.711. The third kappa shape index (κ3) is 5.21. The van der Waals surface area contributed by atoms with Crippen molar-refractivity contribution in [2.75, 3.05) is 25.6 Å². The Kier molecular flexibility index (Phi) is 8.15. The van der Waals surface area contributed by atoms with Crippen LogP contribution < -0.4 is 11.1 Å². The number of nitrogens with two attached hydrogens (primary N) is 1. The van der Waals surface area contributed by atoms with Gasteiger partial charge in [0.15, 0.2) is 5.82 Å². The van der Waals surface area contributed by atoms with E-state index < -0.39 is 0 Å². The molecule has 1 rings (SSSR count). The summed E-state index contributed by atoms with van der Waals surface area (Å²) in [6, 6.07) is 0. The molecule has 0 saturated heterocycles. The highest BCUT2D eigenvalue weighted by Crippen LogP contribution is 2.21. The van der Waals surface area contributed by atoms with E-state index in [4.69, 9.17) is 22.7 Å². The van der Waals surface area contributed by atoms with Crippen molar-refractivity contribution in [2.24, 2.45) is 5.73 Å². The minimum absolute atomic E-state index is 0.387. The van der Waals surface area contributed by atoms with Gasteiger partial charge in [-0.15, -0.1) is 5.10 Å². The molecule has 0 unspecified atom stereocenters. The van der Waals surface area contributed by atoms with E-state index in [2.05, 4.69) is 29.4 Å². The highest BCUT2D eigenvalue weighted by Gasteiger charge is 2.16. The van der Waals surface area contributed by atoms with Crippen LogP contribution in [0.25, 0.3) is 0 Å². The third-order valence-corrected chi connectivity index (χ3v) is 3.61. The SMILES string of the molecule is CCc1nnc(NCCCCCOC)c(C(N)=S)c1CC. The fourth-order valence-electron chi connectivity index (χ4n) is 2.32. The van der Waals surface area contributed by atoms with Gasteiger partial charge in [0.25, 0.3) is 0 Å². The molecule has 3 N–H and O–H groups in total. The zero-order valence-corrected chi connectivity index (χ0v) is 14.1. The Morgan fingerprint density at radius 1 is 1.19 bits per heavy atom. The van der Waals surface area contributed by atoms with Gasteiger partial charge in [-0.25, -0.2) is 0 Å². The van der Waals surface area contributed by atoms with E-state index in [1.165, 1.54) is 0 Å². The number of nitrogens with one attached hydrogen (secondary N) is 1. The van der Waals surface area contributed by atoms with Gasteiger partial charge in [-0.2, -0.15) is 5.10 Å². The first kappa shape index (κ1) is 17.8. The monoisotopic (exact) mass is 310 g/mol. The third-order valence-electron chi connectivity index (χ3n) is 3.41. The maximum Gasteiger partial charge on any atom is 0.159 e. The molecule has 0 amide bonds. The molecule has 0 bridgehead atoms. The Morgan fingerprint density at radius 3 is 2.52 bits per heavy atom. The second kappa shape index (κ2) is 9.63. The number of aryl methyl sites for hydroxylation is 1. The quantitative estimate of drug-likeness (QED) is 0.511. The average molecular weight is 310 g/mol. The standard InChI is InChI=1S/C15H26N4OS/c1-4-11-12(5-2)18-19-15(13(11)14(16)21)17-9-7-6-8-10-20-3/h4-10H2,1-3H3,(H2,16,21)(H,17,19). The Hall–Kier alpha value is -1.27. The lowest BCUT2D eigenvalue weighted by molar-refractivity contribution is 0.192. The van der Waals surface area contributed by atoms with Crippen LogP contribution in [-0.2, 0) is 17.6 Å². The fraction of sp³-hybridized carbons (Fsp3) is 0.667. The summed E-state index contributed by atoms with van der Waals surface area (Å²) in [4.78, 5) is 0.387. The van der Waals surface area contributed by atoms with Gasteiger partial charge in [0.2, 0.25) is 0 Å². The van der Waals surface area contributed by atoms with Crippen LogP contribution in [0.4, 0.5) is 5.82 Å². The molecule has 0 aliphatic carbocycles. The average Bonchev–Trinajstić information content (AvgIpc) is 2.49. The number of aromatic nitrogens is 2. The normalized spacial score (nSPS) is 10.6. The van der Waals surface area contributed by atoms with Crippen molar-refractivity contribution in [1.29, 1.82) is 0 Å². The van der Waals surface area contributed by atoms with E-state index in [0.29, 0.717) is 10.8 Å². The van der Waals surface area contributed by atoms with Gasteiger partial charge < -0.3 is 15.8 Å². The molecule has 0 aliphatic heterocycles. The summed E-state index contributed by atoms with van der Waals surface area (Å²) in [5.41, 5.74) is 8.84. The summed E-state index contributed by atoms with van der Waals surface area (Å²) in [5, 5.41) is 11.9. The van der Waals surface area contributed by atoms with Crippen molar-refractivity contribution < 1.29 is 4.74 Å². The molecule has 21 heavy (non-hydrogen) atoms. The van der Waals surface area contributed by atoms with Crippen LogP contribution in [-0.4, -0.2) is 35.4 Å². The molecule has 0 aliphatic rings. The molecule has 0 fully saturated rings. The van der Waals surface area contributed by atoms with Gasteiger partial charge in [0.05, 0.1) is 11.3 Å². The number of rotatable bonds is 10. The molecule has 0 spiro atoms. The molecule has 1 aromatic rings. The number of thiocarbonyl (C=S) groups is 1. The van der Waals surface area contributed by atoms with Crippen molar-refractivity contribution in [2.45, 2.75) is 46.0 Å². The lowest BCUT2D eigenvalue weighted by atomic mass is 10.0. The van der Waals surface area contributed by atoms with E-state index in [1.54, 1.807) is 7.11 Å². The van der Waals surface area contributed by atoms with Gasteiger partial charge in [-0.1, -0.05) is 26.1 Å². The molecular weight excluding hydrogens is 284 g/mol. The lowest BCUT2D eigenvalue weighted by Gasteiger charge is -2.15. The molecule has 0 aromatic carbocycles. The first-order valence-electron chi connectivity index (χ1n) is 7.56. The summed E-state index contributed by atoms with van der Waals surface area (Å²) < 4.78 is 5.04. The van der Waals surface area contributed by atoms with Crippen molar-refractivity contribution in [3.05, 3.63) is 16.8 Å². The predicted molar refractivity (Wildman–Crippen MR) is 90.9 cm³/mol. The molecule has 0 saturated carbocycles. The molecule has 6 heteroatoms. The van der Waals surface area contributed by atoms with Crippen LogP contribution in [0.1, 0.15) is 49.9 Å². The maximum atomic E-state index is 5.89. The number of hydrogen-bond acceptors (Lipinski definition) is 5. The van der Waals surface area contributed by atoms with E-state index in [9.17, 15) is 0 Å². The molecule has 0 atom stereocenters. The second-order valence-electron chi connectivity index (χ2n) is 4.90. The van der Waals surface area contributed by atoms with Gasteiger partial charge in [0, 0.05) is 20.3 Å². The summed E-state index contributed by atoms with van der Waals surface area (Å²) >= 11 is 5.20. The molecule has 118 valence electrons. The smallest absolute Gasteiger partial charge is 0.159 e. The minimum Gasteiger partial charge on any atom is -0.389 e. The van der Waals surface area contributed by atoms with Crippen LogP contribution >= 0.6 is 12.2 Å². The number of hydrogen-bond donors (Lipinski definition) is 2. The van der Waals surface area contributed by atoms with E-state index >= 15 is 0 Å². The topological polar surface area (TPSA) is 73.1 Å². The highest BCUT2D eigenvalue weighted by atomic mass is 32.1. The second-order valence-corrected chi connectivity index (χ2v) is 5.34. The number of ether oxygens (including phenoxy) is 1. The number of anilines is 1. The van der Waals surface area contributed by atoms with Gasteiger partial charge in [-0.05, 0) is 37.7 Å². The Morgan fingerprint density at radius 2 is 1.95 bits per heavy atom. The largest absolute Gasteiger partial charge is 0.389 e. The molecule has 1 heterocycles. The number of methoxy groups -OCH3 is 1. The van der Waals surface area contributed by atoms with Crippen LogP contribution in [0.2, 0.25) is 0 Å². The Labute approximate surface area is 132 Å². The first-order chi connectivity index (χ1) is 10.2. The van der Waals surface area contributed by atoms with Gasteiger partial charge >= 0.3 is 0 Å². The van der Waals surface area contributed by atoms with Crippen molar-refractivity contribution in [1.82, 2.24) is 10.2 Å². The molecule has 1 aromatic heterocycles. The van der Waals surface area contributed by atoms with Crippen molar-refractivity contribution >= 4 is 23.0 Å². The summed E-state index contributed by atoms with van der Waals surface area (Å²) in [6.45, 7) is 5.80. The van der Waals surface area contributed by atoms with Gasteiger partial charge in [0.1, 0.15) is 4.99 Å². The molecule has 0 radical (unpaired) electrons. The highest BCUT2D eigenvalue weighted by molar-refractivity contribution is 7.80. The molecule has 5 nitrogen and oxygen atoms in total. The van der Waals surface area contributed by atoms with E-state index in [0.717, 1.165) is 62.1 Å². The maximum absolute atomic E-state index is 5.89. The predicted octanol–water partition coefficient (Wildman–Crippen LogP) is 2.46. The van der Waals surface area contributed by atoms with Crippen LogP contribution in [0, 0.1) is 0 Å². The van der Waals surface area contributed by atoms with E-state index in [1.807, 2.05) is 0 Å². The summed E-state index contributed by atoms with van der Waals surface area (Å²) in [6.07, 6.45) is 4.93. The fourth-order valence-corrected chi connectivity index (χ4v) is 2.54. The van der Waals surface area contributed by atoms with Crippen molar-refractivity contribution in [3.8, 4) is 0 Å². The molecular formula is C15H26N4OS. The Balaban J connectivity index is 2.75.